The van der Waals surface area contributed by atoms with Crippen LogP contribution in [0.1, 0.15) is 18.9 Å². The van der Waals surface area contributed by atoms with Crippen molar-refractivity contribution in [1.29, 1.82) is 0 Å². The molecule has 0 aliphatic carbocycles. The molecule has 0 bridgehead atoms. The second-order valence-electron chi connectivity index (χ2n) is 4.59. The molecule has 1 aromatic rings. The summed E-state index contributed by atoms with van der Waals surface area (Å²) >= 11 is 10.3. The zero-order chi connectivity index (χ0) is 16.9. The normalized spacial score (nSPS) is 9.83. The molecular weight excluding hydrogens is 332 g/mol. The zero-order valence-electron chi connectivity index (χ0n) is 13.5. The van der Waals surface area contributed by atoms with Crippen LogP contribution in [-0.2, 0) is 11.3 Å². The summed E-state index contributed by atoms with van der Waals surface area (Å²) in [6, 6.07) is 7.78. The Morgan fingerprint density at radius 1 is 1.04 bits per heavy atom. The van der Waals surface area contributed by atoms with E-state index < -0.39 is 0 Å². The van der Waals surface area contributed by atoms with Gasteiger partial charge < -0.3 is 20.1 Å². The van der Waals surface area contributed by atoms with E-state index in [1.54, 1.807) is 7.11 Å². The molecule has 4 N–H and O–H groups in total. The van der Waals surface area contributed by atoms with Crippen LogP contribution in [-0.4, -0.2) is 37.1 Å². The molecule has 0 saturated carbocycles. The smallest absolute Gasteiger partial charge is 0.185 e. The number of methoxy groups -OCH3 is 1. The summed E-state index contributed by atoms with van der Waals surface area (Å²) in [6.07, 6.45) is 0.899. The molecule has 1 aromatic carbocycles. The first-order valence-corrected chi connectivity index (χ1v) is 8.25. The highest BCUT2D eigenvalue weighted by Gasteiger charge is 1.99. The molecule has 0 spiro atoms. The highest BCUT2D eigenvalue weighted by molar-refractivity contribution is 7.80. The van der Waals surface area contributed by atoms with Gasteiger partial charge in [0.25, 0.3) is 0 Å². The van der Waals surface area contributed by atoms with Gasteiger partial charge >= 0.3 is 0 Å². The van der Waals surface area contributed by atoms with Gasteiger partial charge in [-0.25, -0.2) is 0 Å². The Labute approximate surface area is 148 Å². The van der Waals surface area contributed by atoms with E-state index in [0.29, 0.717) is 16.8 Å². The van der Waals surface area contributed by atoms with Crippen molar-refractivity contribution in [2.75, 3.05) is 26.9 Å². The van der Waals surface area contributed by atoms with Crippen molar-refractivity contribution in [3.05, 3.63) is 29.8 Å². The summed E-state index contributed by atoms with van der Waals surface area (Å²) < 4.78 is 10.4. The molecule has 128 valence electrons. The number of hydrogen-bond donors (Lipinski definition) is 4. The fourth-order valence-electron chi connectivity index (χ4n) is 1.65. The van der Waals surface area contributed by atoms with Gasteiger partial charge in [-0.05, 0) is 55.5 Å². The lowest BCUT2D eigenvalue weighted by Crippen LogP contribution is -2.50. The topological polar surface area (TPSA) is 66.6 Å². The van der Waals surface area contributed by atoms with E-state index in [2.05, 4.69) is 21.5 Å². The summed E-state index contributed by atoms with van der Waals surface area (Å²) in [5, 5.41) is 7.11. The third kappa shape index (κ3) is 9.17. The van der Waals surface area contributed by atoms with Crippen molar-refractivity contribution in [3.8, 4) is 5.75 Å². The van der Waals surface area contributed by atoms with Crippen molar-refractivity contribution >= 4 is 34.7 Å². The van der Waals surface area contributed by atoms with Crippen molar-refractivity contribution < 1.29 is 9.47 Å². The van der Waals surface area contributed by atoms with Gasteiger partial charge in [0.2, 0.25) is 0 Å². The van der Waals surface area contributed by atoms with Gasteiger partial charge in [0, 0.05) is 26.3 Å². The van der Waals surface area contributed by atoms with E-state index in [9.17, 15) is 0 Å². The molecule has 23 heavy (non-hydrogen) atoms. The third-order valence-electron chi connectivity index (χ3n) is 2.86. The molecule has 0 unspecified atom stereocenters. The van der Waals surface area contributed by atoms with Gasteiger partial charge in [0.15, 0.2) is 10.2 Å². The third-order valence-corrected chi connectivity index (χ3v) is 3.35. The first kappa shape index (κ1) is 19.4. The first-order chi connectivity index (χ1) is 11.2. The maximum Gasteiger partial charge on any atom is 0.185 e. The monoisotopic (exact) mass is 356 g/mol. The Morgan fingerprint density at radius 2 is 1.70 bits per heavy atom. The first-order valence-electron chi connectivity index (χ1n) is 7.44. The zero-order valence-corrected chi connectivity index (χ0v) is 15.1. The number of rotatable bonds is 8. The maximum atomic E-state index is 5.24. The second kappa shape index (κ2) is 11.9. The van der Waals surface area contributed by atoms with Gasteiger partial charge in [-0.2, -0.15) is 0 Å². The molecule has 0 aromatic heterocycles. The highest BCUT2D eigenvalue weighted by atomic mass is 32.1. The van der Waals surface area contributed by atoms with Crippen LogP contribution in [0.15, 0.2) is 24.3 Å². The second-order valence-corrected chi connectivity index (χ2v) is 5.40. The molecule has 0 aliphatic heterocycles. The van der Waals surface area contributed by atoms with Gasteiger partial charge in [-0.1, -0.05) is 12.1 Å². The van der Waals surface area contributed by atoms with Crippen molar-refractivity contribution in [3.63, 3.8) is 0 Å². The van der Waals surface area contributed by atoms with Crippen molar-refractivity contribution in [1.82, 2.24) is 21.5 Å². The molecule has 0 saturated heterocycles. The van der Waals surface area contributed by atoms with Crippen molar-refractivity contribution in [2.45, 2.75) is 19.9 Å². The van der Waals surface area contributed by atoms with Gasteiger partial charge in [0.05, 0.1) is 7.11 Å². The SMILES string of the molecule is CCOCCCNC(=S)NNC(=S)NCc1ccc(OC)cc1. The van der Waals surface area contributed by atoms with Gasteiger partial charge in [0.1, 0.15) is 5.75 Å². The minimum Gasteiger partial charge on any atom is -0.497 e. The van der Waals surface area contributed by atoms with E-state index in [4.69, 9.17) is 33.9 Å². The van der Waals surface area contributed by atoms with Crippen LogP contribution in [0.2, 0.25) is 0 Å². The Balaban J connectivity index is 2.12. The summed E-state index contributed by atoms with van der Waals surface area (Å²) in [4.78, 5) is 0. The molecule has 0 aliphatic rings. The van der Waals surface area contributed by atoms with Crippen LogP contribution >= 0.6 is 24.4 Å². The summed E-state index contributed by atoms with van der Waals surface area (Å²) in [5.74, 6) is 0.830. The minimum atomic E-state index is 0.472. The number of ether oxygens (including phenoxy) is 2. The quantitative estimate of drug-likeness (QED) is 0.317. The average Bonchev–Trinajstić information content (AvgIpc) is 2.58. The Morgan fingerprint density at radius 3 is 2.30 bits per heavy atom. The van der Waals surface area contributed by atoms with Crippen LogP contribution in [0.25, 0.3) is 0 Å². The highest BCUT2D eigenvalue weighted by Crippen LogP contribution is 2.10. The molecule has 6 nitrogen and oxygen atoms in total. The van der Waals surface area contributed by atoms with E-state index >= 15 is 0 Å². The average molecular weight is 357 g/mol. The fourth-order valence-corrected chi connectivity index (χ4v) is 1.92. The molecule has 0 atom stereocenters. The van der Waals surface area contributed by atoms with E-state index in [0.717, 1.165) is 37.5 Å². The summed E-state index contributed by atoms with van der Waals surface area (Å²) in [7, 11) is 1.64. The van der Waals surface area contributed by atoms with E-state index in [1.165, 1.54) is 0 Å². The maximum absolute atomic E-state index is 5.24. The van der Waals surface area contributed by atoms with E-state index in [1.807, 2.05) is 31.2 Å². The Hall–Kier alpha value is -1.64. The molecular formula is C15H24N4O2S2. The number of thiocarbonyl (C=S) groups is 2. The number of benzene rings is 1. The molecule has 0 heterocycles. The minimum absolute atomic E-state index is 0.472. The lowest BCUT2D eigenvalue weighted by molar-refractivity contribution is 0.145. The molecule has 0 amide bonds. The number of hydrazine groups is 1. The summed E-state index contributed by atoms with van der Waals surface area (Å²) in [5.41, 5.74) is 6.77. The van der Waals surface area contributed by atoms with Crippen molar-refractivity contribution in [2.24, 2.45) is 0 Å². The Kier molecular flexibility index (Phi) is 10.0. The van der Waals surface area contributed by atoms with Crippen LogP contribution in [0.5, 0.6) is 5.75 Å². The number of hydrogen-bond acceptors (Lipinski definition) is 4. The molecule has 0 fully saturated rings. The van der Waals surface area contributed by atoms with Crippen LogP contribution < -0.4 is 26.2 Å². The summed E-state index contributed by atoms with van der Waals surface area (Å²) in [6.45, 7) is 4.80. The molecule has 1 rings (SSSR count). The van der Waals surface area contributed by atoms with E-state index in [-0.39, 0.29) is 0 Å². The predicted octanol–water partition coefficient (Wildman–Crippen LogP) is 1.47. The fraction of sp³-hybridized carbons (Fsp3) is 0.467. The van der Waals surface area contributed by atoms with Crippen LogP contribution in [0.3, 0.4) is 0 Å². The molecule has 0 radical (unpaired) electrons. The number of nitrogens with one attached hydrogen (secondary N) is 4. The Bertz CT molecular complexity index is 483. The predicted molar refractivity (Wildman–Crippen MR) is 100 cm³/mol. The lowest BCUT2D eigenvalue weighted by Gasteiger charge is -2.14. The standard InChI is InChI=1S/C15H24N4O2S2/c1-3-21-10-4-9-16-14(22)18-19-15(23)17-11-12-5-7-13(20-2)8-6-12/h5-8H,3-4,9-11H2,1-2H3,(H2,16,18,22)(H2,17,19,23). The lowest BCUT2D eigenvalue weighted by atomic mass is 10.2. The van der Waals surface area contributed by atoms with Crippen LogP contribution in [0.4, 0.5) is 0 Å². The van der Waals surface area contributed by atoms with Gasteiger partial charge in [-0.3, -0.25) is 10.9 Å². The van der Waals surface area contributed by atoms with Crippen LogP contribution in [0, 0.1) is 0 Å². The largest absolute Gasteiger partial charge is 0.497 e. The molecule has 8 heteroatoms. The van der Waals surface area contributed by atoms with Gasteiger partial charge in [-0.15, -0.1) is 0 Å².